The van der Waals surface area contributed by atoms with Gasteiger partial charge in [-0.3, -0.25) is 0 Å². The number of aliphatic hydroxyl groups excluding tert-OH is 1. The molecule has 5 nitrogen and oxygen atoms in total. The number of anilines is 1. The zero-order valence-electron chi connectivity index (χ0n) is 11.0. The van der Waals surface area contributed by atoms with Crippen molar-refractivity contribution < 1.29 is 9.84 Å². The normalized spacial score (nSPS) is 23.7. The monoisotopic (exact) mass is 251 g/mol. The molecule has 100 valence electrons. The molecule has 1 aliphatic carbocycles. The van der Waals surface area contributed by atoms with E-state index in [4.69, 9.17) is 9.84 Å². The van der Waals surface area contributed by atoms with Crippen molar-refractivity contribution in [2.45, 2.75) is 31.8 Å². The smallest absolute Gasteiger partial charge is 0.228 e. The summed E-state index contributed by atoms with van der Waals surface area (Å²) in [5, 5.41) is 9.10. The van der Waals surface area contributed by atoms with Gasteiger partial charge in [0.1, 0.15) is 6.10 Å². The minimum absolute atomic E-state index is 0.220. The Hall–Kier alpha value is -1.36. The van der Waals surface area contributed by atoms with Crippen LogP contribution >= 0.6 is 0 Å². The van der Waals surface area contributed by atoms with Crippen molar-refractivity contribution >= 4 is 5.95 Å². The number of hydrogen-bond donors (Lipinski definition) is 1. The average Bonchev–Trinajstić information content (AvgIpc) is 2.40. The summed E-state index contributed by atoms with van der Waals surface area (Å²) in [4.78, 5) is 10.4. The maximum atomic E-state index is 9.10. The Labute approximate surface area is 108 Å². The van der Waals surface area contributed by atoms with Crippen molar-refractivity contribution in [3.63, 3.8) is 0 Å². The minimum Gasteiger partial charge on any atom is -0.474 e. The maximum absolute atomic E-state index is 9.10. The molecule has 0 aromatic carbocycles. The van der Waals surface area contributed by atoms with Gasteiger partial charge in [0.25, 0.3) is 0 Å². The van der Waals surface area contributed by atoms with Crippen LogP contribution in [0.5, 0.6) is 5.88 Å². The molecule has 1 aromatic heterocycles. The van der Waals surface area contributed by atoms with Crippen LogP contribution in [0.15, 0.2) is 12.3 Å². The molecule has 0 amide bonds. The quantitative estimate of drug-likeness (QED) is 0.878. The molecule has 5 heteroatoms. The average molecular weight is 251 g/mol. The first kappa shape index (κ1) is 13.1. The predicted molar refractivity (Wildman–Crippen MR) is 69.8 cm³/mol. The first-order chi connectivity index (χ1) is 8.69. The highest BCUT2D eigenvalue weighted by atomic mass is 16.5. The number of aliphatic hydroxyl groups is 1. The lowest BCUT2D eigenvalue weighted by Gasteiger charge is -2.27. The molecule has 1 saturated carbocycles. The molecule has 0 radical (unpaired) electrons. The minimum atomic E-state index is 0.220. The van der Waals surface area contributed by atoms with Gasteiger partial charge in [-0.15, -0.1) is 0 Å². The van der Waals surface area contributed by atoms with E-state index in [2.05, 4.69) is 9.97 Å². The third-order valence-electron chi connectivity index (χ3n) is 3.36. The summed E-state index contributed by atoms with van der Waals surface area (Å²) in [6.45, 7) is 0.297. The van der Waals surface area contributed by atoms with E-state index in [0.717, 1.165) is 25.7 Å². The Bertz CT molecular complexity index is 376. The summed E-state index contributed by atoms with van der Waals surface area (Å²) in [6, 6.07) is 1.80. The predicted octanol–water partition coefficient (Wildman–Crippen LogP) is 1.47. The summed E-state index contributed by atoms with van der Waals surface area (Å²) in [7, 11) is 3.82. The van der Waals surface area contributed by atoms with Crippen LogP contribution in [-0.2, 0) is 0 Å². The van der Waals surface area contributed by atoms with Crippen LogP contribution in [-0.4, -0.2) is 41.9 Å². The van der Waals surface area contributed by atoms with E-state index in [1.54, 1.807) is 12.3 Å². The molecule has 1 fully saturated rings. The molecular formula is C13H21N3O2. The Morgan fingerprint density at radius 3 is 2.67 bits per heavy atom. The van der Waals surface area contributed by atoms with E-state index < -0.39 is 0 Å². The molecule has 0 aliphatic heterocycles. The van der Waals surface area contributed by atoms with Crippen LogP contribution in [0.3, 0.4) is 0 Å². The Morgan fingerprint density at radius 2 is 2.06 bits per heavy atom. The highest BCUT2D eigenvalue weighted by Crippen LogP contribution is 2.26. The molecule has 0 unspecified atom stereocenters. The van der Waals surface area contributed by atoms with Gasteiger partial charge in [0, 0.05) is 33.0 Å². The van der Waals surface area contributed by atoms with Gasteiger partial charge in [-0.2, -0.15) is 4.98 Å². The van der Waals surface area contributed by atoms with Crippen molar-refractivity contribution in [2.75, 3.05) is 25.6 Å². The lowest BCUT2D eigenvalue weighted by Crippen LogP contribution is -2.26. The number of rotatable bonds is 4. The van der Waals surface area contributed by atoms with E-state index in [0.29, 0.717) is 24.4 Å². The highest BCUT2D eigenvalue weighted by molar-refractivity contribution is 5.29. The lowest BCUT2D eigenvalue weighted by molar-refractivity contribution is 0.100. The molecule has 1 heterocycles. The third-order valence-corrected chi connectivity index (χ3v) is 3.36. The summed E-state index contributed by atoms with van der Waals surface area (Å²) < 4.78 is 5.88. The molecule has 1 N–H and O–H groups in total. The topological polar surface area (TPSA) is 58.5 Å². The SMILES string of the molecule is CN(C)c1nccc(OC2CCC(CO)CC2)n1. The van der Waals surface area contributed by atoms with Gasteiger partial charge in [0.05, 0.1) is 0 Å². The second-order valence-corrected chi connectivity index (χ2v) is 5.03. The number of hydrogen-bond acceptors (Lipinski definition) is 5. The fourth-order valence-corrected chi connectivity index (χ4v) is 2.22. The maximum Gasteiger partial charge on any atom is 0.228 e. The molecule has 0 atom stereocenters. The summed E-state index contributed by atoms with van der Waals surface area (Å²) in [6.07, 6.45) is 5.99. The van der Waals surface area contributed by atoms with Crippen LogP contribution in [0, 0.1) is 5.92 Å². The zero-order chi connectivity index (χ0) is 13.0. The largest absolute Gasteiger partial charge is 0.474 e. The number of ether oxygens (including phenoxy) is 1. The fraction of sp³-hybridized carbons (Fsp3) is 0.692. The first-order valence-electron chi connectivity index (χ1n) is 6.47. The van der Waals surface area contributed by atoms with E-state index >= 15 is 0 Å². The molecule has 0 saturated heterocycles. The second-order valence-electron chi connectivity index (χ2n) is 5.03. The summed E-state index contributed by atoms with van der Waals surface area (Å²) >= 11 is 0. The molecule has 18 heavy (non-hydrogen) atoms. The lowest BCUT2D eigenvalue weighted by atomic mass is 9.88. The summed E-state index contributed by atoms with van der Waals surface area (Å²) in [5.41, 5.74) is 0. The van der Waals surface area contributed by atoms with Crippen molar-refractivity contribution in [3.8, 4) is 5.88 Å². The van der Waals surface area contributed by atoms with Crippen molar-refractivity contribution in [3.05, 3.63) is 12.3 Å². The van der Waals surface area contributed by atoms with Crippen molar-refractivity contribution in [1.29, 1.82) is 0 Å². The van der Waals surface area contributed by atoms with Gasteiger partial charge < -0.3 is 14.7 Å². The molecule has 1 aliphatic rings. The van der Waals surface area contributed by atoms with Crippen LogP contribution in [0.4, 0.5) is 5.95 Å². The van der Waals surface area contributed by atoms with E-state index in [-0.39, 0.29) is 6.10 Å². The van der Waals surface area contributed by atoms with Crippen LogP contribution in [0.2, 0.25) is 0 Å². The molecule has 1 aromatic rings. The Balaban J connectivity index is 1.92. The van der Waals surface area contributed by atoms with Gasteiger partial charge in [-0.05, 0) is 31.6 Å². The molecule has 0 spiro atoms. The van der Waals surface area contributed by atoms with Crippen molar-refractivity contribution in [1.82, 2.24) is 9.97 Å². The van der Waals surface area contributed by atoms with Crippen LogP contribution < -0.4 is 9.64 Å². The third kappa shape index (κ3) is 3.32. The number of aromatic nitrogens is 2. The van der Waals surface area contributed by atoms with E-state index in [1.165, 1.54) is 0 Å². The second kappa shape index (κ2) is 6.00. The Morgan fingerprint density at radius 1 is 1.33 bits per heavy atom. The van der Waals surface area contributed by atoms with Gasteiger partial charge in [0.15, 0.2) is 0 Å². The Kier molecular flexibility index (Phi) is 4.36. The van der Waals surface area contributed by atoms with Gasteiger partial charge in [-0.25, -0.2) is 4.98 Å². The molecule has 0 bridgehead atoms. The number of nitrogens with zero attached hydrogens (tertiary/aromatic N) is 3. The molecule has 2 rings (SSSR count). The van der Waals surface area contributed by atoms with Crippen LogP contribution in [0.25, 0.3) is 0 Å². The first-order valence-corrected chi connectivity index (χ1v) is 6.47. The fourth-order valence-electron chi connectivity index (χ4n) is 2.22. The molecular weight excluding hydrogens is 230 g/mol. The van der Waals surface area contributed by atoms with Gasteiger partial charge >= 0.3 is 0 Å². The highest BCUT2D eigenvalue weighted by Gasteiger charge is 2.22. The van der Waals surface area contributed by atoms with E-state index in [1.807, 2.05) is 19.0 Å². The van der Waals surface area contributed by atoms with Gasteiger partial charge in [-0.1, -0.05) is 0 Å². The van der Waals surface area contributed by atoms with Crippen LogP contribution in [0.1, 0.15) is 25.7 Å². The summed E-state index contributed by atoms with van der Waals surface area (Å²) in [5.74, 6) is 1.75. The van der Waals surface area contributed by atoms with Gasteiger partial charge in [0.2, 0.25) is 11.8 Å². The zero-order valence-corrected chi connectivity index (χ0v) is 11.0. The van der Waals surface area contributed by atoms with E-state index in [9.17, 15) is 0 Å². The van der Waals surface area contributed by atoms with Crippen molar-refractivity contribution in [2.24, 2.45) is 5.92 Å². The standard InChI is InChI=1S/C13H21N3O2/c1-16(2)13-14-8-7-12(15-13)18-11-5-3-10(9-17)4-6-11/h7-8,10-11,17H,3-6,9H2,1-2H3.